The van der Waals surface area contributed by atoms with Gasteiger partial charge in [0.05, 0.1) is 6.54 Å². The molecule has 1 aliphatic rings. The van der Waals surface area contributed by atoms with Crippen LogP contribution in [0, 0.1) is 0 Å². The fraction of sp³-hybridized carbons (Fsp3) is 0.222. The molecule has 0 spiro atoms. The molecule has 1 aromatic carbocycles. The quantitative estimate of drug-likeness (QED) is 0.680. The van der Waals surface area contributed by atoms with Crippen LogP contribution in [-0.4, -0.2) is 35.2 Å². The molecule has 1 fully saturated rings. The van der Waals surface area contributed by atoms with E-state index in [0.29, 0.717) is 42.5 Å². The minimum absolute atomic E-state index is 0.144. The van der Waals surface area contributed by atoms with E-state index < -0.39 is 0 Å². The highest BCUT2D eigenvalue weighted by Gasteiger charge is 2.21. The van der Waals surface area contributed by atoms with E-state index >= 15 is 0 Å². The van der Waals surface area contributed by atoms with Gasteiger partial charge in [-0.05, 0) is 29.6 Å². The zero-order chi connectivity index (χ0) is 18.6. The van der Waals surface area contributed by atoms with Crippen molar-refractivity contribution in [2.24, 2.45) is 0 Å². The first-order valence-electron chi connectivity index (χ1n) is 8.46. The summed E-state index contributed by atoms with van der Waals surface area (Å²) in [6.07, 6.45) is 0.606. The van der Waals surface area contributed by atoms with Crippen LogP contribution >= 0.6 is 11.3 Å². The predicted octanol–water partition coefficient (Wildman–Crippen LogP) is 2.18. The van der Waals surface area contributed by atoms with E-state index in [9.17, 15) is 9.59 Å². The van der Waals surface area contributed by atoms with Crippen LogP contribution in [0.15, 0.2) is 46.3 Å². The number of nitrogens with one attached hydrogen (secondary N) is 2. The number of hydrogen-bond donors (Lipinski definition) is 2. The number of benzene rings is 1. The molecule has 3 amide bonds. The minimum atomic E-state index is -0.269. The molecule has 0 bridgehead atoms. The molecule has 3 aromatic rings. The van der Waals surface area contributed by atoms with Crippen molar-refractivity contribution in [3.8, 4) is 0 Å². The van der Waals surface area contributed by atoms with E-state index in [-0.39, 0.29) is 18.5 Å². The molecule has 27 heavy (non-hydrogen) atoms. The Morgan fingerprint density at radius 3 is 3.04 bits per heavy atom. The molecule has 1 saturated heterocycles. The van der Waals surface area contributed by atoms with Gasteiger partial charge in [-0.2, -0.15) is 4.98 Å². The monoisotopic (exact) mass is 383 g/mol. The third-order valence-corrected chi connectivity index (χ3v) is 4.98. The lowest BCUT2D eigenvalue weighted by Gasteiger charge is -2.15. The van der Waals surface area contributed by atoms with Crippen LogP contribution in [0.4, 0.5) is 10.5 Å². The Labute approximate surface area is 159 Å². The number of urea groups is 1. The molecule has 9 heteroatoms. The van der Waals surface area contributed by atoms with E-state index in [1.54, 1.807) is 40.5 Å². The van der Waals surface area contributed by atoms with Crippen LogP contribution < -0.4 is 15.5 Å². The van der Waals surface area contributed by atoms with Crippen LogP contribution in [-0.2, 0) is 13.0 Å². The van der Waals surface area contributed by atoms with Gasteiger partial charge in [0.15, 0.2) is 5.82 Å². The van der Waals surface area contributed by atoms with Gasteiger partial charge in [-0.1, -0.05) is 17.3 Å². The number of anilines is 1. The second kappa shape index (κ2) is 7.58. The number of aromatic nitrogens is 2. The summed E-state index contributed by atoms with van der Waals surface area (Å²) >= 11 is 1.63. The fourth-order valence-electron chi connectivity index (χ4n) is 2.79. The van der Waals surface area contributed by atoms with E-state index in [4.69, 9.17) is 4.52 Å². The SMILES string of the molecule is O=C(NCc1nc(Cc2cccs2)no1)c1cccc(N2CCNC2=O)c1. The van der Waals surface area contributed by atoms with Gasteiger partial charge in [-0.25, -0.2) is 4.79 Å². The Balaban J connectivity index is 1.37. The molecular formula is C18H17N5O3S. The van der Waals surface area contributed by atoms with Crippen molar-refractivity contribution in [1.82, 2.24) is 20.8 Å². The summed E-state index contributed by atoms with van der Waals surface area (Å²) in [4.78, 5) is 31.2. The zero-order valence-corrected chi connectivity index (χ0v) is 15.2. The van der Waals surface area contributed by atoms with E-state index in [1.165, 1.54) is 0 Å². The van der Waals surface area contributed by atoms with Gasteiger partial charge in [0, 0.05) is 35.6 Å². The molecular weight excluding hydrogens is 366 g/mol. The van der Waals surface area contributed by atoms with Gasteiger partial charge in [-0.3, -0.25) is 9.69 Å². The van der Waals surface area contributed by atoms with E-state index in [0.717, 1.165) is 4.88 Å². The van der Waals surface area contributed by atoms with Gasteiger partial charge >= 0.3 is 6.03 Å². The molecule has 0 aliphatic carbocycles. The Morgan fingerprint density at radius 2 is 2.26 bits per heavy atom. The minimum Gasteiger partial charge on any atom is -0.343 e. The average Bonchev–Trinajstić information content (AvgIpc) is 3.43. The normalized spacial score (nSPS) is 13.6. The van der Waals surface area contributed by atoms with Gasteiger partial charge in [0.1, 0.15) is 0 Å². The number of carbonyl (C=O) groups excluding carboxylic acids is 2. The molecule has 4 rings (SSSR count). The number of carbonyl (C=O) groups is 2. The van der Waals surface area contributed by atoms with Crippen molar-refractivity contribution < 1.29 is 14.1 Å². The number of hydrogen-bond acceptors (Lipinski definition) is 6. The highest BCUT2D eigenvalue weighted by Crippen LogP contribution is 2.18. The second-order valence-corrected chi connectivity index (χ2v) is 7.01. The van der Waals surface area contributed by atoms with Crippen LogP contribution in [0.1, 0.15) is 27.0 Å². The van der Waals surface area contributed by atoms with Crippen molar-refractivity contribution >= 4 is 29.0 Å². The summed E-state index contributed by atoms with van der Waals surface area (Å²) in [6.45, 7) is 1.32. The molecule has 138 valence electrons. The molecule has 2 aromatic heterocycles. The second-order valence-electron chi connectivity index (χ2n) is 5.98. The molecule has 1 aliphatic heterocycles. The summed E-state index contributed by atoms with van der Waals surface area (Å²) in [7, 11) is 0. The predicted molar refractivity (Wildman–Crippen MR) is 99.8 cm³/mol. The summed E-state index contributed by atoms with van der Waals surface area (Å²) in [5.74, 6) is 0.670. The summed E-state index contributed by atoms with van der Waals surface area (Å²) < 4.78 is 5.19. The summed E-state index contributed by atoms with van der Waals surface area (Å²) in [5.41, 5.74) is 1.15. The number of nitrogens with zero attached hydrogens (tertiary/aromatic N) is 3. The van der Waals surface area contributed by atoms with Crippen LogP contribution in [0.3, 0.4) is 0 Å². The van der Waals surface area contributed by atoms with Crippen molar-refractivity contribution in [2.45, 2.75) is 13.0 Å². The highest BCUT2D eigenvalue weighted by atomic mass is 32.1. The maximum Gasteiger partial charge on any atom is 0.321 e. The molecule has 0 radical (unpaired) electrons. The lowest BCUT2D eigenvalue weighted by molar-refractivity contribution is 0.0946. The maximum absolute atomic E-state index is 12.4. The van der Waals surface area contributed by atoms with Gasteiger partial charge in [0.25, 0.3) is 5.91 Å². The first kappa shape index (κ1) is 17.2. The Morgan fingerprint density at radius 1 is 1.33 bits per heavy atom. The first-order valence-corrected chi connectivity index (χ1v) is 9.34. The van der Waals surface area contributed by atoms with E-state index in [1.807, 2.05) is 17.5 Å². The summed E-state index contributed by atoms with van der Waals surface area (Å²) in [6, 6.07) is 10.8. The number of thiophene rings is 1. The van der Waals surface area contributed by atoms with Gasteiger partial charge < -0.3 is 15.2 Å². The molecule has 2 N–H and O–H groups in total. The molecule has 0 unspecified atom stereocenters. The van der Waals surface area contributed by atoms with Crippen molar-refractivity contribution in [3.63, 3.8) is 0 Å². The summed E-state index contributed by atoms with van der Waals surface area (Å²) in [5, 5.41) is 11.4. The smallest absolute Gasteiger partial charge is 0.321 e. The fourth-order valence-corrected chi connectivity index (χ4v) is 3.50. The van der Waals surface area contributed by atoms with Gasteiger partial charge in [-0.15, -0.1) is 11.3 Å². The first-order chi connectivity index (χ1) is 13.2. The third kappa shape index (κ3) is 3.98. The topological polar surface area (TPSA) is 100 Å². The standard InChI is InChI=1S/C18H17N5O3S/c24-17(12-3-1-4-13(9-12)23-7-6-19-18(23)25)20-11-16-21-15(22-26-16)10-14-5-2-8-27-14/h1-5,8-9H,6-7,10-11H2,(H,19,25)(H,20,24). The Bertz CT molecular complexity index is 954. The molecule has 3 heterocycles. The molecule has 0 atom stereocenters. The Hall–Kier alpha value is -3.20. The maximum atomic E-state index is 12.4. The molecule has 0 saturated carbocycles. The highest BCUT2D eigenvalue weighted by molar-refractivity contribution is 7.09. The lowest BCUT2D eigenvalue weighted by atomic mass is 10.1. The van der Waals surface area contributed by atoms with Crippen molar-refractivity contribution in [3.05, 3.63) is 63.9 Å². The van der Waals surface area contributed by atoms with Crippen LogP contribution in [0.2, 0.25) is 0 Å². The zero-order valence-electron chi connectivity index (χ0n) is 14.3. The van der Waals surface area contributed by atoms with Crippen molar-refractivity contribution in [1.29, 1.82) is 0 Å². The molecule has 8 nitrogen and oxygen atoms in total. The number of amides is 3. The van der Waals surface area contributed by atoms with E-state index in [2.05, 4.69) is 20.8 Å². The van der Waals surface area contributed by atoms with Crippen LogP contribution in [0.25, 0.3) is 0 Å². The average molecular weight is 383 g/mol. The van der Waals surface area contributed by atoms with Crippen LogP contribution in [0.5, 0.6) is 0 Å². The Kier molecular flexibility index (Phi) is 4.84. The largest absolute Gasteiger partial charge is 0.343 e. The van der Waals surface area contributed by atoms with Crippen molar-refractivity contribution in [2.75, 3.05) is 18.0 Å². The lowest BCUT2D eigenvalue weighted by Crippen LogP contribution is -2.28. The third-order valence-electron chi connectivity index (χ3n) is 4.10. The van der Waals surface area contributed by atoms with Gasteiger partial charge in [0.2, 0.25) is 5.89 Å². The number of rotatable bonds is 6.